The van der Waals surface area contributed by atoms with Crippen molar-refractivity contribution in [2.45, 2.75) is 207 Å². The normalized spacial score (nSPS) is 12.4. The number of carbonyl (C=O) groups excluding carboxylic acids is 2. The molecule has 0 saturated heterocycles. The number of unbranched alkanes of at least 4 members (excludes halogenated alkanes) is 22. The number of allylic oxidation sites excluding steroid dienone is 4. The fourth-order valence-electron chi connectivity index (χ4n) is 5.38. The maximum absolute atomic E-state index is 12.2. The van der Waals surface area contributed by atoms with Crippen LogP contribution in [0.1, 0.15) is 201 Å². The first-order chi connectivity index (χ1) is 20.6. The van der Waals surface area contributed by atoms with Gasteiger partial charge in [0.2, 0.25) is 11.8 Å². The zero-order chi connectivity index (χ0) is 30.8. The van der Waals surface area contributed by atoms with Crippen LogP contribution in [0.5, 0.6) is 0 Å². The van der Waals surface area contributed by atoms with E-state index >= 15 is 0 Å². The fraction of sp³-hybridized carbons (Fsp3) is 0.842. The molecule has 4 nitrogen and oxygen atoms in total. The molecule has 0 aromatic rings. The Morgan fingerprint density at radius 2 is 0.690 bits per heavy atom. The third-order valence-corrected chi connectivity index (χ3v) is 8.09. The van der Waals surface area contributed by atoms with Crippen LogP contribution in [0.2, 0.25) is 0 Å². The minimum atomic E-state index is -0.295. The number of carbonyl (C=O) groups is 2. The van der Waals surface area contributed by atoms with Crippen molar-refractivity contribution in [3.63, 3.8) is 0 Å². The second kappa shape index (κ2) is 33.9. The Bertz CT molecular complexity index is 589. The van der Waals surface area contributed by atoms with Gasteiger partial charge in [-0.2, -0.15) is 0 Å². The van der Waals surface area contributed by atoms with E-state index in [1.54, 1.807) is 0 Å². The molecule has 4 heteroatoms. The maximum atomic E-state index is 12.2. The zero-order valence-electron chi connectivity index (χ0n) is 28.5. The lowest BCUT2D eigenvalue weighted by Crippen LogP contribution is -2.45. The molecule has 2 amide bonds. The molecule has 0 aromatic carbocycles. The van der Waals surface area contributed by atoms with E-state index in [1.165, 1.54) is 141 Å². The highest BCUT2D eigenvalue weighted by Gasteiger charge is 2.10. The number of hydrogen-bond acceptors (Lipinski definition) is 2. The number of hydrogen-bond donors (Lipinski definition) is 2. The SMILES string of the molecule is CCCCCCCCC=CCCCCCCCC(=O)NC(C)NC(=O)CCCCCCCC=CCCCCCCCC. The molecule has 0 bridgehead atoms. The average molecular weight is 589 g/mol. The second-order valence-electron chi connectivity index (χ2n) is 12.5. The molecule has 0 saturated carbocycles. The van der Waals surface area contributed by atoms with Gasteiger partial charge in [0, 0.05) is 12.8 Å². The summed E-state index contributed by atoms with van der Waals surface area (Å²) < 4.78 is 0. The molecule has 0 aliphatic carbocycles. The minimum Gasteiger partial charge on any atom is -0.336 e. The monoisotopic (exact) mass is 589 g/mol. The third-order valence-electron chi connectivity index (χ3n) is 8.09. The van der Waals surface area contributed by atoms with Crippen molar-refractivity contribution in [1.29, 1.82) is 0 Å². The first kappa shape index (κ1) is 40.4. The van der Waals surface area contributed by atoms with E-state index in [0.717, 1.165) is 25.7 Å². The molecule has 0 unspecified atom stereocenters. The summed E-state index contributed by atoms with van der Waals surface area (Å²) in [7, 11) is 0. The predicted octanol–water partition coefficient (Wildman–Crippen LogP) is 11.6. The average Bonchev–Trinajstić information content (AvgIpc) is 2.97. The van der Waals surface area contributed by atoms with Crippen LogP contribution in [0, 0.1) is 0 Å². The van der Waals surface area contributed by atoms with Crippen LogP contribution in [0.4, 0.5) is 0 Å². The maximum Gasteiger partial charge on any atom is 0.221 e. The van der Waals surface area contributed by atoms with Crippen LogP contribution >= 0.6 is 0 Å². The predicted molar refractivity (Wildman–Crippen MR) is 185 cm³/mol. The van der Waals surface area contributed by atoms with Gasteiger partial charge in [0.25, 0.3) is 0 Å². The quantitative estimate of drug-likeness (QED) is 0.0466. The Balaban J connectivity index is 3.48. The van der Waals surface area contributed by atoms with Crippen molar-refractivity contribution in [2.75, 3.05) is 0 Å². The highest BCUT2D eigenvalue weighted by molar-refractivity contribution is 5.79. The van der Waals surface area contributed by atoms with Crippen LogP contribution in [0.15, 0.2) is 24.3 Å². The van der Waals surface area contributed by atoms with Gasteiger partial charge >= 0.3 is 0 Å². The van der Waals surface area contributed by atoms with Gasteiger partial charge in [-0.1, -0.05) is 141 Å². The van der Waals surface area contributed by atoms with Crippen LogP contribution in [-0.4, -0.2) is 18.0 Å². The van der Waals surface area contributed by atoms with Crippen LogP contribution in [-0.2, 0) is 9.59 Å². The third kappa shape index (κ3) is 32.9. The highest BCUT2D eigenvalue weighted by atomic mass is 16.2. The summed E-state index contributed by atoms with van der Waals surface area (Å²) in [6, 6.07) is 0. The molecule has 42 heavy (non-hydrogen) atoms. The van der Waals surface area contributed by atoms with Crippen molar-refractivity contribution >= 4 is 11.8 Å². The number of rotatable bonds is 32. The summed E-state index contributed by atoms with van der Waals surface area (Å²) in [6.45, 7) is 6.39. The molecular weight excluding hydrogens is 516 g/mol. The first-order valence-electron chi connectivity index (χ1n) is 18.5. The standard InChI is InChI=1S/C38H72N2O2/c1-4-6-8-10-12-14-16-18-20-22-24-26-28-30-32-34-37(41)39-36(3)40-38(42)35-33-31-29-27-25-23-21-19-17-15-13-11-9-7-5-2/h18-21,36H,4-17,22-35H2,1-3H3,(H,39,41)(H,40,42). The van der Waals surface area contributed by atoms with Crippen molar-refractivity contribution in [2.24, 2.45) is 0 Å². The van der Waals surface area contributed by atoms with E-state index in [4.69, 9.17) is 0 Å². The summed E-state index contributed by atoms with van der Waals surface area (Å²) in [5.41, 5.74) is 0. The number of nitrogens with one attached hydrogen (secondary N) is 2. The van der Waals surface area contributed by atoms with Gasteiger partial charge < -0.3 is 10.6 Å². The molecule has 2 N–H and O–H groups in total. The molecule has 0 atom stereocenters. The van der Waals surface area contributed by atoms with Gasteiger partial charge in [-0.25, -0.2) is 0 Å². The molecule has 0 fully saturated rings. The lowest BCUT2D eigenvalue weighted by molar-refractivity contribution is -0.124. The van der Waals surface area contributed by atoms with Gasteiger partial charge in [0.1, 0.15) is 0 Å². The van der Waals surface area contributed by atoms with Gasteiger partial charge in [-0.15, -0.1) is 0 Å². The van der Waals surface area contributed by atoms with E-state index in [9.17, 15) is 9.59 Å². The first-order valence-corrected chi connectivity index (χ1v) is 18.5. The minimum absolute atomic E-state index is 0.0430. The molecule has 0 aliphatic rings. The number of amides is 2. The molecule has 0 aromatic heterocycles. The largest absolute Gasteiger partial charge is 0.336 e. The summed E-state index contributed by atoms with van der Waals surface area (Å²) >= 11 is 0. The van der Waals surface area contributed by atoms with E-state index in [2.05, 4.69) is 48.8 Å². The van der Waals surface area contributed by atoms with Crippen molar-refractivity contribution in [3.8, 4) is 0 Å². The van der Waals surface area contributed by atoms with Gasteiger partial charge in [0.15, 0.2) is 0 Å². The Morgan fingerprint density at radius 3 is 1.00 bits per heavy atom. The van der Waals surface area contributed by atoms with Gasteiger partial charge in [0.05, 0.1) is 6.17 Å². The molecule has 0 radical (unpaired) electrons. The molecular formula is C38H72N2O2. The summed E-state index contributed by atoms with van der Waals surface area (Å²) in [5.74, 6) is 0.0860. The molecule has 0 spiro atoms. The second-order valence-corrected chi connectivity index (χ2v) is 12.5. The van der Waals surface area contributed by atoms with Crippen LogP contribution in [0.25, 0.3) is 0 Å². The van der Waals surface area contributed by atoms with Crippen molar-refractivity contribution < 1.29 is 9.59 Å². The highest BCUT2D eigenvalue weighted by Crippen LogP contribution is 2.11. The van der Waals surface area contributed by atoms with E-state index in [0.29, 0.717) is 12.8 Å². The van der Waals surface area contributed by atoms with Gasteiger partial charge in [-0.05, 0) is 71.1 Å². The smallest absolute Gasteiger partial charge is 0.221 e. The van der Waals surface area contributed by atoms with Crippen molar-refractivity contribution in [1.82, 2.24) is 10.6 Å². The van der Waals surface area contributed by atoms with E-state index in [1.807, 2.05) is 6.92 Å². The summed E-state index contributed by atoms with van der Waals surface area (Å²) in [4.78, 5) is 24.4. The van der Waals surface area contributed by atoms with Crippen LogP contribution in [0.3, 0.4) is 0 Å². The summed E-state index contributed by atoms with van der Waals surface area (Å²) in [6.07, 6.45) is 42.9. The van der Waals surface area contributed by atoms with E-state index in [-0.39, 0.29) is 18.0 Å². The molecule has 0 aliphatic heterocycles. The Morgan fingerprint density at radius 1 is 0.429 bits per heavy atom. The van der Waals surface area contributed by atoms with Gasteiger partial charge in [-0.3, -0.25) is 9.59 Å². The lowest BCUT2D eigenvalue weighted by atomic mass is 10.1. The summed E-state index contributed by atoms with van der Waals surface area (Å²) in [5, 5.41) is 5.86. The fourth-order valence-corrected chi connectivity index (χ4v) is 5.38. The molecule has 0 heterocycles. The topological polar surface area (TPSA) is 58.2 Å². The Hall–Kier alpha value is -1.58. The molecule has 0 rings (SSSR count). The molecule has 246 valence electrons. The van der Waals surface area contributed by atoms with E-state index < -0.39 is 0 Å². The van der Waals surface area contributed by atoms with Crippen molar-refractivity contribution in [3.05, 3.63) is 24.3 Å². The zero-order valence-corrected chi connectivity index (χ0v) is 28.5. The Labute approximate surface area is 262 Å². The Kier molecular flexibility index (Phi) is 32.6. The lowest BCUT2D eigenvalue weighted by Gasteiger charge is -2.16. The van der Waals surface area contributed by atoms with Crippen LogP contribution < -0.4 is 10.6 Å².